The maximum Gasteiger partial charge on any atom is 0.240 e. The lowest BCUT2D eigenvalue weighted by Crippen LogP contribution is -2.43. The van der Waals surface area contributed by atoms with E-state index in [4.69, 9.17) is 0 Å². The lowest BCUT2D eigenvalue weighted by molar-refractivity contribution is -0.142. The van der Waals surface area contributed by atoms with Crippen molar-refractivity contribution in [3.8, 4) is 0 Å². The standard InChI is InChI=1S/C20H30N2O2/c1-6-10-22(11-7-2)19(24)20(8-9-20)18(23)21-17-15(4)12-14(3)13-16(17)5/h12-13H,6-11H2,1-5H3,(H,21,23). The van der Waals surface area contributed by atoms with E-state index >= 15 is 0 Å². The van der Waals surface area contributed by atoms with E-state index in [0.717, 1.165) is 42.7 Å². The Kier molecular flexibility index (Phi) is 5.68. The van der Waals surface area contributed by atoms with Crippen LogP contribution in [-0.2, 0) is 9.59 Å². The van der Waals surface area contributed by atoms with Gasteiger partial charge in [-0.25, -0.2) is 0 Å². The fourth-order valence-corrected chi connectivity index (χ4v) is 3.43. The lowest BCUT2D eigenvalue weighted by Gasteiger charge is -2.26. The van der Waals surface area contributed by atoms with Crippen LogP contribution in [0.15, 0.2) is 12.1 Å². The average molecular weight is 330 g/mol. The van der Waals surface area contributed by atoms with Gasteiger partial charge in [0.05, 0.1) is 0 Å². The van der Waals surface area contributed by atoms with Gasteiger partial charge in [-0.3, -0.25) is 9.59 Å². The molecule has 1 aromatic carbocycles. The van der Waals surface area contributed by atoms with Crippen molar-refractivity contribution in [1.29, 1.82) is 0 Å². The third-order valence-electron chi connectivity index (χ3n) is 4.78. The number of rotatable bonds is 7. The van der Waals surface area contributed by atoms with Crippen molar-refractivity contribution < 1.29 is 9.59 Å². The first-order chi connectivity index (χ1) is 11.4. The van der Waals surface area contributed by atoms with E-state index in [1.54, 1.807) is 0 Å². The van der Waals surface area contributed by atoms with Crippen LogP contribution in [0.1, 0.15) is 56.2 Å². The molecule has 1 aromatic rings. The fourth-order valence-electron chi connectivity index (χ4n) is 3.43. The molecule has 0 spiro atoms. The second-order valence-electron chi connectivity index (χ2n) is 7.10. The van der Waals surface area contributed by atoms with E-state index in [1.807, 2.05) is 25.7 Å². The third-order valence-corrected chi connectivity index (χ3v) is 4.78. The third kappa shape index (κ3) is 3.63. The Morgan fingerprint density at radius 3 is 1.96 bits per heavy atom. The monoisotopic (exact) mass is 330 g/mol. The van der Waals surface area contributed by atoms with Gasteiger partial charge in [0.2, 0.25) is 11.8 Å². The number of hydrogen-bond acceptors (Lipinski definition) is 2. The quantitative estimate of drug-likeness (QED) is 0.769. The summed E-state index contributed by atoms with van der Waals surface area (Å²) in [6.45, 7) is 11.6. The predicted octanol–water partition coefficient (Wildman–Crippen LogP) is 3.98. The fraction of sp³-hybridized carbons (Fsp3) is 0.600. The number of nitrogens with one attached hydrogen (secondary N) is 1. The second kappa shape index (κ2) is 7.37. The van der Waals surface area contributed by atoms with Crippen molar-refractivity contribution in [2.24, 2.45) is 5.41 Å². The number of benzene rings is 1. The molecule has 0 aliphatic heterocycles. The lowest BCUT2D eigenvalue weighted by atomic mass is 10.0. The Labute approximate surface area is 145 Å². The topological polar surface area (TPSA) is 49.4 Å². The van der Waals surface area contributed by atoms with Gasteiger partial charge in [0.25, 0.3) is 0 Å². The molecule has 1 aliphatic carbocycles. The van der Waals surface area contributed by atoms with Gasteiger partial charge in [-0.1, -0.05) is 31.5 Å². The van der Waals surface area contributed by atoms with Crippen LogP contribution >= 0.6 is 0 Å². The Morgan fingerprint density at radius 2 is 1.54 bits per heavy atom. The summed E-state index contributed by atoms with van der Waals surface area (Å²) in [6, 6.07) is 4.12. The van der Waals surface area contributed by atoms with Crippen molar-refractivity contribution >= 4 is 17.5 Å². The molecule has 0 saturated heterocycles. The van der Waals surface area contributed by atoms with E-state index in [2.05, 4.69) is 31.3 Å². The summed E-state index contributed by atoms with van der Waals surface area (Å²) >= 11 is 0. The molecule has 4 heteroatoms. The Hall–Kier alpha value is -1.84. The molecule has 1 aliphatic rings. The van der Waals surface area contributed by atoms with Crippen LogP contribution in [0.5, 0.6) is 0 Å². The number of hydrogen-bond donors (Lipinski definition) is 1. The van der Waals surface area contributed by atoms with Gasteiger partial charge in [0.1, 0.15) is 5.41 Å². The minimum absolute atomic E-state index is 0.00566. The molecule has 0 radical (unpaired) electrons. The number of nitrogens with zero attached hydrogens (tertiary/aromatic N) is 1. The van der Waals surface area contributed by atoms with Crippen LogP contribution in [0.2, 0.25) is 0 Å². The van der Waals surface area contributed by atoms with Crippen molar-refractivity contribution in [2.75, 3.05) is 18.4 Å². The average Bonchev–Trinajstić information content (AvgIpc) is 3.31. The van der Waals surface area contributed by atoms with Gasteiger partial charge < -0.3 is 10.2 Å². The predicted molar refractivity (Wildman–Crippen MR) is 98.1 cm³/mol. The van der Waals surface area contributed by atoms with E-state index in [9.17, 15) is 9.59 Å². The number of anilines is 1. The number of amides is 2. The van der Waals surface area contributed by atoms with E-state index in [-0.39, 0.29) is 11.8 Å². The van der Waals surface area contributed by atoms with Gasteiger partial charge in [-0.2, -0.15) is 0 Å². The van der Waals surface area contributed by atoms with Crippen LogP contribution < -0.4 is 5.32 Å². The molecular weight excluding hydrogens is 300 g/mol. The molecule has 0 aromatic heterocycles. The molecule has 1 N–H and O–H groups in total. The first kappa shape index (κ1) is 18.5. The van der Waals surface area contributed by atoms with Crippen LogP contribution in [0.3, 0.4) is 0 Å². The van der Waals surface area contributed by atoms with E-state index in [0.29, 0.717) is 12.8 Å². The maximum absolute atomic E-state index is 12.9. The van der Waals surface area contributed by atoms with E-state index < -0.39 is 5.41 Å². The molecule has 2 amide bonds. The van der Waals surface area contributed by atoms with Crippen molar-refractivity contribution in [1.82, 2.24) is 4.90 Å². The molecule has 0 atom stereocenters. The van der Waals surface area contributed by atoms with Crippen LogP contribution in [0.25, 0.3) is 0 Å². The van der Waals surface area contributed by atoms with Crippen molar-refractivity contribution in [3.63, 3.8) is 0 Å². The molecule has 24 heavy (non-hydrogen) atoms. The first-order valence-corrected chi connectivity index (χ1v) is 9.04. The van der Waals surface area contributed by atoms with Gasteiger partial charge in [-0.15, -0.1) is 0 Å². The number of aryl methyl sites for hydroxylation is 3. The molecular formula is C20H30N2O2. The highest BCUT2D eigenvalue weighted by Crippen LogP contribution is 2.48. The molecule has 132 valence electrons. The van der Waals surface area contributed by atoms with Crippen LogP contribution in [-0.4, -0.2) is 29.8 Å². The van der Waals surface area contributed by atoms with Crippen molar-refractivity contribution in [3.05, 3.63) is 28.8 Å². The molecule has 1 fully saturated rings. The second-order valence-corrected chi connectivity index (χ2v) is 7.10. The molecule has 4 nitrogen and oxygen atoms in total. The first-order valence-electron chi connectivity index (χ1n) is 9.04. The highest BCUT2D eigenvalue weighted by Gasteiger charge is 2.57. The number of carbonyl (C=O) groups excluding carboxylic acids is 2. The Morgan fingerprint density at radius 1 is 1.04 bits per heavy atom. The maximum atomic E-state index is 12.9. The van der Waals surface area contributed by atoms with Crippen molar-refractivity contribution in [2.45, 2.75) is 60.3 Å². The summed E-state index contributed by atoms with van der Waals surface area (Å²) in [5, 5.41) is 3.04. The summed E-state index contributed by atoms with van der Waals surface area (Å²) < 4.78 is 0. The van der Waals surface area contributed by atoms with Gasteiger partial charge >= 0.3 is 0 Å². The smallest absolute Gasteiger partial charge is 0.240 e. The highest BCUT2D eigenvalue weighted by molar-refractivity contribution is 6.13. The highest BCUT2D eigenvalue weighted by atomic mass is 16.2. The van der Waals surface area contributed by atoms with E-state index in [1.165, 1.54) is 5.56 Å². The summed E-state index contributed by atoms with van der Waals surface area (Å²) in [5.41, 5.74) is 3.28. The summed E-state index contributed by atoms with van der Waals surface area (Å²) in [6.07, 6.45) is 3.15. The Balaban J connectivity index is 2.18. The summed E-state index contributed by atoms with van der Waals surface area (Å²) in [7, 11) is 0. The van der Waals surface area contributed by atoms with Crippen LogP contribution in [0.4, 0.5) is 5.69 Å². The molecule has 1 saturated carbocycles. The normalized spacial score (nSPS) is 15.0. The molecule has 0 bridgehead atoms. The summed E-state index contributed by atoms with van der Waals surface area (Å²) in [4.78, 5) is 27.7. The number of carbonyl (C=O) groups is 2. The zero-order valence-electron chi connectivity index (χ0n) is 15.7. The van der Waals surface area contributed by atoms with Gasteiger partial charge in [0.15, 0.2) is 0 Å². The van der Waals surface area contributed by atoms with Gasteiger partial charge in [0, 0.05) is 18.8 Å². The molecule has 0 heterocycles. The molecule has 2 rings (SSSR count). The largest absolute Gasteiger partial charge is 0.342 e. The van der Waals surface area contributed by atoms with Gasteiger partial charge in [-0.05, 0) is 57.6 Å². The van der Waals surface area contributed by atoms with Crippen LogP contribution in [0, 0.1) is 26.2 Å². The zero-order chi connectivity index (χ0) is 17.9. The SMILES string of the molecule is CCCN(CCC)C(=O)C1(C(=O)Nc2c(C)cc(C)cc2C)CC1. The molecule has 0 unspecified atom stereocenters. The minimum atomic E-state index is -0.839. The summed E-state index contributed by atoms with van der Waals surface area (Å²) in [5.74, 6) is -0.133. The Bertz CT molecular complexity index is 604. The zero-order valence-corrected chi connectivity index (χ0v) is 15.7. The minimum Gasteiger partial charge on any atom is -0.342 e.